The van der Waals surface area contributed by atoms with Crippen LogP contribution in [0.2, 0.25) is 0 Å². The minimum Gasteiger partial charge on any atom is -0.439 e. The van der Waals surface area contributed by atoms with E-state index in [1.807, 2.05) is 31.3 Å². The maximum absolute atomic E-state index is 9.35. The summed E-state index contributed by atoms with van der Waals surface area (Å²) in [4.78, 5) is 4.55. The normalized spacial score (nSPS) is 14.2. The van der Waals surface area contributed by atoms with E-state index in [0.717, 1.165) is 29.7 Å². The van der Waals surface area contributed by atoms with Crippen LogP contribution in [0.25, 0.3) is 11.3 Å². The topological polar surface area (TPSA) is 144 Å². The molecule has 0 radical (unpaired) electrons. The van der Waals surface area contributed by atoms with Gasteiger partial charge in [-0.25, -0.2) is 4.68 Å². The number of hydrogen-bond donors (Lipinski definition) is 2. The summed E-state index contributed by atoms with van der Waals surface area (Å²) in [7, 11) is 1.85. The first-order chi connectivity index (χ1) is 15.1. The molecule has 1 unspecified atom stereocenters. The van der Waals surface area contributed by atoms with Crippen molar-refractivity contribution in [1.29, 1.82) is 5.26 Å². The van der Waals surface area contributed by atoms with E-state index in [0.29, 0.717) is 34.6 Å². The molecule has 3 N–H and O–H groups in total. The average Bonchev–Trinajstić information content (AvgIpc) is 3.38. The van der Waals surface area contributed by atoms with Crippen molar-refractivity contribution in [3.8, 4) is 29.0 Å². The van der Waals surface area contributed by atoms with Crippen LogP contribution >= 0.6 is 0 Å². The van der Waals surface area contributed by atoms with Gasteiger partial charge in [0.1, 0.15) is 5.75 Å². The van der Waals surface area contributed by atoms with Crippen LogP contribution in [0.4, 0.5) is 0 Å². The van der Waals surface area contributed by atoms with Crippen molar-refractivity contribution < 1.29 is 4.74 Å². The molecular formula is C21H19N9O. The predicted molar refractivity (Wildman–Crippen MR) is 110 cm³/mol. The van der Waals surface area contributed by atoms with Crippen molar-refractivity contribution in [3.63, 3.8) is 0 Å². The van der Waals surface area contributed by atoms with Crippen LogP contribution in [0, 0.1) is 11.3 Å². The number of aromatic nitrogens is 7. The van der Waals surface area contributed by atoms with Crippen LogP contribution in [0.5, 0.6) is 11.6 Å². The van der Waals surface area contributed by atoms with Crippen LogP contribution < -0.4 is 10.5 Å². The number of tetrazole rings is 1. The molecule has 1 aromatic carbocycles. The molecule has 5 rings (SSSR count). The van der Waals surface area contributed by atoms with Crippen LogP contribution in [-0.2, 0) is 7.05 Å². The van der Waals surface area contributed by atoms with Crippen LogP contribution in [0.3, 0.4) is 0 Å². The number of nitrogens with two attached hydrogens (primary N) is 1. The van der Waals surface area contributed by atoms with Gasteiger partial charge in [0.15, 0.2) is 5.82 Å². The number of H-pyrrole nitrogens is 1. The molecule has 3 heterocycles. The highest BCUT2D eigenvalue weighted by Gasteiger charge is 2.27. The van der Waals surface area contributed by atoms with E-state index in [1.165, 1.54) is 0 Å². The van der Waals surface area contributed by atoms with Gasteiger partial charge in [-0.1, -0.05) is 11.3 Å². The summed E-state index contributed by atoms with van der Waals surface area (Å²) < 4.78 is 7.90. The fourth-order valence-electron chi connectivity index (χ4n) is 3.34. The summed E-state index contributed by atoms with van der Waals surface area (Å²) in [5, 5.41) is 27.7. The molecule has 10 nitrogen and oxygen atoms in total. The quantitative estimate of drug-likeness (QED) is 0.491. The second-order valence-corrected chi connectivity index (χ2v) is 7.45. The fourth-order valence-corrected chi connectivity index (χ4v) is 3.34. The van der Waals surface area contributed by atoms with Crippen molar-refractivity contribution in [2.24, 2.45) is 12.8 Å². The van der Waals surface area contributed by atoms with Gasteiger partial charge in [-0.15, -0.1) is 10.2 Å². The Hall–Kier alpha value is -4.10. The summed E-state index contributed by atoms with van der Waals surface area (Å²) in [6, 6.07) is 12.6. The minimum absolute atomic E-state index is 0.389. The molecule has 1 aliphatic rings. The Morgan fingerprint density at radius 1 is 1.26 bits per heavy atom. The van der Waals surface area contributed by atoms with Gasteiger partial charge in [0.05, 0.1) is 29.1 Å². The Kier molecular flexibility index (Phi) is 4.65. The third kappa shape index (κ3) is 3.74. The number of benzene rings is 1. The lowest BCUT2D eigenvalue weighted by molar-refractivity contribution is 0.431. The number of nitrogens with zero attached hydrogens (tertiary/aromatic N) is 7. The molecular weight excluding hydrogens is 394 g/mol. The Labute approximate surface area is 177 Å². The zero-order chi connectivity index (χ0) is 21.4. The first-order valence-corrected chi connectivity index (χ1v) is 9.83. The van der Waals surface area contributed by atoms with Gasteiger partial charge in [0, 0.05) is 30.8 Å². The van der Waals surface area contributed by atoms with Gasteiger partial charge in [-0.3, -0.25) is 4.98 Å². The lowest BCUT2D eigenvalue weighted by Crippen LogP contribution is -2.14. The second-order valence-electron chi connectivity index (χ2n) is 7.45. The van der Waals surface area contributed by atoms with Crippen LogP contribution in [0.1, 0.15) is 47.4 Å². The summed E-state index contributed by atoms with van der Waals surface area (Å²) in [6.45, 7) is 0. The molecule has 4 aromatic rings. The standard InChI is InChI=1S/C21H19N9O/c1-30-19(9-17(27-30)13-3-4-13)31-18-8-12(10-22)2-6-15(18)16-7-5-14(11-24-16)20(23)21-25-28-29-26-21/h2,5-9,11,13,20H,3-4,23H2,1H3,(H,25,26,28,29). The van der Waals surface area contributed by atoms with E-state index < -0.39 is 6.04 Å². The largest absolute Gasteiger partial charge is 0.439 e. The van der Waals surface area contributed by atoms with Gasteiger partial charge >= 0.3 is 0 Å². The number of aromatic amines is 1. The Balaban J connectivity index is 1.47. The fraction of sp³-hybridized carbons (Fsp3) is 0.238. The molecule has 154 valence electrons. The minimum atomic E-state index is -0.535. The Morgan fingerprint density at radius 3 is 2.81 bits per heavy atom. The molecule has 10 heteroatoms. The molecule has 1 atom stereocenters. The zero-order valence-corrected chi connectivity index (χ0v) is 16.7. The summed E-state index contributed by atoms with van der Waals surface area (Å²) in [5.41, 5.74) is 9.90. The van der Waals surface area contributed by atoms with Gasteiger partial charge in [0.2, 0.25) is 5.88 Å². The summed E-state index contributed by atoms with van der Waals surface area (Å²) in [5.74, 6) is 2.06. The third-order valence-electron chi connectivity index (χ3n) is 5.24. The Morgan fingerprint density at radius 2 is 2.13 bits per heavy atom. The van der Waals surface area contributed by atoms with Crippen molar-refractivity contribution in [3.05, 3.63) is 65.2 Å². The van der Waals surface area contributed by atoms with E-state index in [4.69, 9.17) is 10.5 Å². The molecule has 0 amide bonds. The van der Waals surface area contributed by atoms with Crippen LogP contribution in [0.15, 0.2) is 42.6 Å². The number of rotatable bonds is 6. The molecule has 1 aliphatic carbocycles. The van der Waals surface area contributed by atoms with E-state index in [1.54, 1.807) is 23.0 Å². The van der Waals surface area contributed by atoms with Gasteiger partial charge in [-0.05, 0) is 42.7 Å². The summed E-state index contributed by atoms with van der Waals surface area (Å²) in [6.07, 6.45) is 4.00. The van der Waals surface area contributed by atoms with Crippen molar-refractivity contribution in [2.75, 3.05) is 0 Å². The number of nitrogens with one attached hydrogen (secondary N) is 1. The number of nitriles is 1. The molecule has 1 saturated carbocycles. The molecule has 0 bridgehead atoms. The number of pyridine rings is 1. The molecule has 31 heavy (non-hydrogen) atoms. The first kappa shape index (κ1) is 18.9. The molecule has 3 aromatic heterocycles. The van der Waals surface area contributed by atoms with Gasteiger partial charge in [0.25, 0.3) is 0 Å². The van der Waals surface area contributed by atoms with E-state index in [-0.39, 0.29) is 0 Å². The van der Waals surface area contributed by atoms with E-state index in [2.05, 4.69) is 36.8 Å². The van der Waals surface area contributed by atoms with E-state index in [9.17, 15) is 5.26 Å². The van der Waals surface area contributed by atoms with E-state index >= 15 is 0 Å². The number of ether oxygens (including phenoxy) is 1. The first-order valence-electron chi connectivity index (χ1n) is 9.83. The Bertz CT molecular complexity index is 1250. The summed E-state index contributed by atoms with van der Waals surface area (Å²) >= 11 is 0. The van der Waals surface area contributed by atoms with Crippen molar-refractivity contribution in [2.45, 2.75) is 24.8 Å². The molecule has 1 fully saturated rings. The highest BCUT2D eigenvalue weighted by Crippen LogP contribution is 2.41. The lowest BCUT2D eigenvalue weighted by atomic mass is 10.0. The number of hydrogen-bond acceptors (Lipinski definition) is 8. The van der Waals surface area contributed by atoms with Crippen molar-refractivity contribution >= 4 is 0 Å². The van der Waals surface area contributed by atoms with Crippen molar-refractivity contribution in [1.82, 2.24) is 35.4 Å². The lowest BCUT2D eigenvalue weighted by Gasteiger charge is -2.12. The second kappa shape index (κ2) is 7.62. The van der Waals surface area contributed by atoms with Gasteiger partial charge in [-0.2, -0.15) is 15.6 Å². The van der Waals surface area contributed by atoms with Gasteiger partial charge < -0.3 is 10.5 Å². The predicted octanol–water partition coefficient (Wildman–Crippen LogP) is 2.58. The third-order valence-corrected chi connectivity index (χ3v) is 5.24. The smallest absolute Gasteiger partial charge is 0.217 e. The maximum atomic E-state index is 9.35. The monoisotopic (exact) mass is 413 g/mol. The van der Waals surface area contributed by atoms with Crippen LogP contribution in [-0.4, -0.2) is 35.4 Å². The average molecular weight is 413 g/mol. The SMILES string of the molecule is Cn1nc(C2CC2)cc1Oc1cc(C#N)ccc1-c1ccc(C(N)c2nn[nH]n2)cn1. The molecule has 0 saturated heterocycles. The zero-order valence-electron chi connectivity index (χ0n) is 16.7. The molecule has 0 aliphatic heterocycles. The maximum Gasteiger partial charge on any atom is 0.217 e. The molecule has 0 spiro atoms. The highest BCUT2D eigenvalue weighted by atomic mass is 16.5. The number of aryl methyl sites for hydroxylation is 1. The highest BCUT2D eigenvalue weighted by molar-refractivity contribution is 5.69.